The summed E-state index contributed by atoms with van der Waals surface area (Å²) in [6.07, 6.45) is 3.40. The SMILES string of the molecule is CC(CN)C(=O)NC1CCC(C)(C)C1. The van der Waals surface area contributed by atoms with Crippen molar-refractivity contribution < 1.29 is 4.79 Å². The second kappa shape index (κ2) is 4.30. The van der Waals surface area contributed by atoms with Crippen LogP contribution in [0.2, 0.25) is 0 Å². The molecule has 82 valence electrons. The first-order valence-corrected chi connectivity index (χ1v) is 5.45. The monoisotopic (exact) mass is 198 g/mol. The predicted octanol–water partition coefficient (Wildman–Crippen LogP) is 1.28. The fraction of sp³-hybridized carbons (Fsp3) is 0.909. The van der Waals surface area contributed by atoms with Gasteiger partial charge in [0.1, 0.15) is 0 Å². The lowest BCUT2D eigenvalue weighted by atomic mass is 9.92. The van der Waals surface area contributed by atoms with E-state index in [1.165, 1.54) is 6.42 Å². The molecule has 1 saturated carbocycles. The van der Waals surface area contributed by atoms with Crippen molar-refractivity contribution in [2.75, 3.05) is 6.54 Å². The minimum atomic E-state index is -0.0567. The highest BCUT2D eigenvalue weighted by atomic mass is 16.1. The maximum absolute atomic E-state index is 11.5. The fourth-order valence-electron chi connectivity index (χ4n) is 2.01. The molecule has 14 heavy (non-hydrogen) atoms. The first-order chi connectivity index (χ1) is 6.44. The Morgan fingerprint density at radius 2 is 2.29 bits per heavy atom. The van der Waals surface area contributed by atoms with E-state index in [-0.39, 0.29) is 11.8 Å². The standard InChI is InChI=1S/C11H22N2O/c1-8(7-12)10(14)13-9-4-5-11(2,3)6-9/h8-9H,4-7,12H2,1-3H3,(H,13,14). The van der Waals surface area contributed by atoms with Crippen LogP contribution in [0.15, 0.2) is 0 Å². The van der Waals surface area contributed by atoms with Gasteiger partial charge in [-0.1, -0.05) is 20.8 Å². The van der Waals surface area contributed by atoms with Crippen LogP contribution in [0, 0.1) is 11.3 Å². The van der Waals surface area contributed by atoms with Crippen molar-refractivity contribution >= 4 is 5.91 Å². The van der Waals surface area contributed by atoms with E-state index in [9.17, 15) is 4.79 Å². The van der Waals surface area contributed by atoms with Crippen LogP contribution >= 0.6 is 0 Å². The van der Waals surface area contributed by atoms with Gasteiger partial charge in [0.25, 0.3) is 0 Å². The molecular formula is C11H22N2O. The Morgan fingerprint density at radius 1 is 1.64 bits per heavy atom. The van der Waals surface area contributed by atoms with Crippen molar-refractivity contribution in [1.29, 1.82) is 0 Å². The van der Waals surface area contributed by atoms with Crippen LogP contribution in [0.5, 0.6) is 0 Å². The molecular weight excluding hydrogens is 176 g/mol. The summed E-state index contributed by atoms with van der Waals surface area (Å²) in [4.78, 5) is 11.5. The zero-order chi connectivity index (χ0) is 10.8. The lowest BCUT2D eigenvalue weighted by Gasteiger charge is -2.19. The largest absolute Gasteiger partial charge is 0.353 e. The molecule has 2 unspecified atom stereocenters. The summed E-state index contributed by atoms with van der Waals surface area (Å²) >= 11 is 0. The van der Waals surface area contributed by atoms with Crippen molar-refractivity contribution in [3.05, 3.63) is 0 Å². The second-order valence-electron chi connectivity index (χ2n) is 5.25. The first kappa shape index (κ1) is 11.5. The average Bonchev–Trinajstić information content (AvgIpc) is 2.44. The number of nitrogens with two attached hydrogens (primary N) is 1. The highest BCUT2D eigenvalue weighted by Gasteiger charge is 2.32. The van der Waals surface area contributed by atoms with E-state index < -0.39 is 0 Å². The van der Waals surface area contributed by atoms with Gasteiger partial charge in [-0.3, -0.25) is 4.79 Å². The third-order valence-electron chi connectivity index (χ3n) is 3.12. The maximum Gasteiger partial charge on any atom is 0.224 e. The summed E-state index contributed by atoms with van der Waals surface area (Å²) < 4.78 is 0. The van der Waals surface area contributed by atoms with Gasteiger partial charge in [0.2, 0.25) is 5.91 Å². The van der Waals surface area contributed by atoms with Gasteiger partial charge in [0, 0.05) is 18.5 Å². The fourth-order valence-corrected chi connectivity index (χ4v) is 2.01. The van der Waals surface area contributed by atoms with E-state index in [4.69, 9.17) is 5.73 Å². The Hall–Kier alpha value is -0.570. The molecule has 3 N–H and O–H groups in total. The summed E-state index contributed by atoms with van der Waals surface area (Å²) in [5.41, 5.74) is 5.83. The quantitative estimate of drug-likeness (QED) is 0.717. The van der Waals surface area contributed by atoms with Gasteiger partial charge in [-0.25, -0.2) is 0 Å². The Balaban J connectivity index is 2.36. The van der Waals surface area contributed by atoms with Crippen LogP contribution in [0.4, 0.5) is 0 Å². The maximum atomic E-state index is 11.5. The zero-order valence-corrected chi connectivity index (χ0v) is 9.47. The topological polar surface area (TPSA) is 55.1 Å². The summed E-state index contributed by atoms with van der Waals surface area (Å²) in [5, 5.41) is 3.07. The van der Waals surface area contributed by atoms with Crippen molar-refractivity contribution in [2.45, 2.75) is 46.1 Å². The van der Waals surface area contributed by atoms with Gasteiger partial charge in [-0.05, 0) is 24.7 Å². The lowest BCUT2D eigenvalue weighted by Crippen LogP contribution is -2.39. The first-order valence-electron chi connectivity index (χ1n) is 5.45. The molecule has 1 aliphatic rings. The van der Waals surface area contributed by atoms with E-state index in [0.29, 0.717) is 18.0 Å². The summed E-state index contributed by atoms with van der Waals surface area (Å²) in [6.45, 7) is 6.81. The van der Waals surface area contributed by atoms with Crippen molar-refractivity contribution in [1.82, 2.24) is 5.32 Å². The minimum Gasteiger partial charge on any atom is -0.353 e. The molecule has 3 heteroatoms. The van der Waals surface area contributed by atoms with Crippen LogP contribution in [0.25, 0.3) is 0 Å². The van der Waals surface area contributed by atoms with Gasteiger partial charge < -0.3 is 11.1 Å². The molecule has 3 nitrogen and oxygen atoms in total. The number of rotatable bonds is 3. The number of carbonyl (C=O) groups excluding carboxylic acids is 1. The molecule has 0 heterocycles. The van der Waals surface area contributed by atoms with E-state index in [1.807, 2.05) is 6.92 Å². The summed E-state index contributed by atoms with van der Waals surface area (Å²) in [6, 6.07) is 0.367. The van der Waals surface area contributed by atoms with Crippen molar-refractivity contribution in [2.24, 2.45) is 17.1 Å². The Kier molecular flexibility index (Phi) is 3.53. The molecule has 1 fully saturated rings. The van der Waals surface area contributed by atoms with Gasteiger partial charge in [-0.2, -0.15) is 0 Å². The zero-order valence-electron chi connectivity index (χ0n) is 9.47. The van der Waals surface area contributed by atoms with E-state index in [0.717, 1.165) is 12.8 Å². The molecule has 0 aromatic rings. The highest BCUT2D eigenvalue weighted by molar-refractivity contribution is 5.78. The number of amides is 1. The molecule has 0 spiro atoms. The smallest absolute Gasteiger partial charge is 0.224 e. The third-order valence-corrected chi connectivity index (χ3v) is 3.12. The van der Waals surface area contributed by atoms with Crippen molar-refractivity contribution in [3.63, 3.8) is 0 Å². The number of nitrogens with one attached hydrogen (secondary N) is 1. The molecule has 1 aliphatic carbocycles. The van der Waals surface area contributed by atoms with Crippen LogP contribution in [0.1, 0.15) is 40.0 Å². The van der Waals surface area contributed by atoms with E-state index >= 15 is 0 Å². The molecule has 2 atom stereocenters. The third kappa shape index (κ3) is 2.98. The van der Waals surface area contributed by atoms with Gasteiger partial charge in [0.15, 0.2) is 0 Å². The molecule has 0 radical (unpaired) electrons. The molecule has 0 aliphatic heterocycles. The molecule has 1 rings (SSSR count). The Labute approximate surface area is 86.4 Å². The van der Waals surface area contributed by atoms with Gasteiger partial charge in [0.05, 0.1) is 0 Å². The Bertz CT molecular complexity index is 213. The van der Waals surface area contributed by atoms with Gasteiger partial charge >= 0.3 is 0 Å². The molecule has 0 bridgehead atoms. The second-order valence-corrected chi connectivity index (χ2v) is 5.25. The lowest BCUT2D eigenvalue weighted by molar-refractivity contribution is -0.124. The van der Waals surface area contributed by atoms with Crippen LogP contribution in [-0.2, 0) is 4.79 Å². The summed E-state index contributed by atoms with van der Waals surface area (Å²) in [5.74, 6) is 0.0499. The normalized spacial score (nSPS) is 27.3. The number of hydrogen-bond acceptors (Lipinski definition) is 2. The minimum absolute atomic E-state index is 0.0567. The van der Waals surface area contributed by atoms with E-state index in [1.54, 1.807) is 0 Å². The van der Waals surface area contributed by atoms with Crippen LogP contribution in [-0.4, -0.2) is 18.5 Å². The number of carbonyl (C=O) groups is 1. The molecule has 0 aromatic heterocycles. The molecule has 0 aromatic carbocycles. The summed E-state index contributed by atoms with van der Waals surface area (Å²) in [7, 11) is 0. The number of hydrogen-bond donors (Lipinski definition) is 2. The molecule has 1 amide bonds. The van der Waals surface area contributed by atoms with Gasteiger partial charge in [-0.15, -0.1) is 0 Å². The van der Waals surface area contributed by atoms with Crippen LogP contribution < -0.4 is 11.1 Å². The van der Waals surface area contributed by atoms with E-state index in [2.05, 4.69) is 19.2 Å². The van der Waals surface area contributed by atoms with Crippen molar-refractivity contribution in [3.8, 4) is 0 Å². The van der Waals surface area contributed by atoms with Crippen LogP contribution in [0.3, 0.4) is 0 Å². The molecule has 0 saturated heterocycles. The predicted molar refractivity (Wildman–Crippen MR) is 57.8 cm³/mol. The highest BCUT2D eigenvalue weighted by Crippen LogP contribution is 2.36. The Morgan fingerprint density at radius 3 is 2.71 bits per heavy atom. The average molecular weight is 198 g/mol.